The number of ether oxygens (including phenoxy) is 4. The van der Waals surface area contributed by atoms with Crippen molar-refractivity contribution in [1.82, 2.24) is 0 Å². The Bertz CT molecular complexity index is 1630. The van der Waals surface area contributed by atoms with E-state index < -0.39 is 28.8 Å². The zero-order valence-electron chi connectivity index (χ0n) is 32.6. The van der Waals surface area contributed by atoms with Crippen molar-refractivity contribution >= 4 is 11.6 Å². The van der Waals surface area contributed by atoms with Gasteiger partial charge in [0.05, 0.1) is 31.8 Å². The zero-order valence-corrected chi connectivity index (χ0v) is 32.6. The summed E-state index contributed by atoms with van der Waals surface area (Å²) >= 11 is 0. The molecule has 2 fully saturated rings. The molecule has 0 radical (unpaired) electrons. The lowest BCUT2D eigenvalue weighted by Gasteiger charge is -2.48. The first-order valence-electron chi connectivity index (χ1n) is 17.7. The molecule has 0 unspecified atom stereocenters. The van der Waals surface area contributed by atoms with E-state index in [-0.39, 0.29) is 46.7 Å². The molecule has 0 atom stereocenters. The van der Waals surface area contributed by atoms with Crippen molar-refractivity contribution in [2.24, 2.45) is 16.2 Å². The maximum Gasteiger partial charge on any atom is 0.206 e. The minimum atomic E-state index is -0.635. The van der Waals surface area contributed by atoms with Gasteiger partial charge in [-0.15, -0.1) is 0 Å². The number of hydrogen-bond acceptors (Lipinski definition) is 8. The Labute approximate surface area is 304 Å². The summed E-state index contributed by atoms with van der Waals surface area (Å²) in [5.74, 6) is 11.6. The summed E-state index contributed by atoms with van der Waals surface area (Å²) in [6.45, 7) is 24.9. The van der Waals surface area contributed by atoms with Crippen molar-refractivity contribution in [3.05, 3.63) is 57.6 Å². The fourth-order valence-corrected chi connectivity index (χ4v) is 6.47. The van der Waals surface area contributed by atoms with Crippen molar-refractivity contribution in [2.75, 3.05) is 26.4 Å². The molecule has 2 aliphatic heterocycles. The standard InChI is InChI=1S/C43H56O8/c1-27-17-29(19-33(35(27)46)39(3,4)5)13-15-31(44)21-41(9,10)37-48-23-43(24-49-37)25-50-38(51-26-43)42(11,12)22-32(45)16-14-30-18-28(2)36(47)34(20-30)40(6,7)8/h17-20,37-38,46-47H,21-26H2,1-12H3. The van der Waals surface area contributed by atoms with Gasteiger partial charge in [0.15, 0.2) is 12.6 Å². The third kappa shape index (κ3) is 9.82. The van der Waals surface area contributed by atoms with E-state index >= 15 is 0 Å². The van der Waals surface area contributed by atoms with Gasteiger partial charge in [-0.1, -0.05) is 81.1 Å². The van der Waals surface area contributed by atoms with Crippen molar-refractivity contribution in [2.45, 2.75) is 119 Å². The number of aromatic hydroxyl groups is 2. The van der Waals surface area contributed by atoms with E-state index in [2.05, 4.69) is 23.7 Å². The normalized spacial score (nSPS) is 21.3. The molecular formula is C43H56O8. The molecule has 8 nitrogen and oxygen atoms in total. The van der Waals surface area contributed by atoms with Crippen LogP contribution in [0.1, 0.15) is 115 Å². The molecule has 2 aromatic carbocycles. The zero-order chi connectivity index (χ0) is 38.2. The average molecular weight is 701 g/mol. The molecule has 0 aromatic heterocycles. The van der Waals surface area contributed by atoms with E-state index in [0.29, 0.717) is 37.6 Å². The molecule has 1 spiro atoms. The van der Waals surface area contributed by atoms with Crippen LogP contribution in [0.4, 0.5) is 0 Å². The van der Waals surface area contributed by atoms with Gasteiger partial charge in [-0.25, -0.2) is 0 Å². The Morgan fingerprint density at radius 2 is 0.941 bits per heavy atom. The summed E-state index contributed by atoms with van der Waals surface area (Å²) in [4.78, 5) is 26.0. The molecule has 8 heteroatoms. The van der Waals surface area contributed by atoms with Crippen molar-refractivity contribution in [3.63, 3.8) is 0 Å². The SMILES string of the molecule is Cc1cc(C#CC(=O)CC(C)(C)C2OCC3(CO2)COC(C(C)(C)CC(=O)C#Cc2cc(C)c(O)c(C(C)(C)C)c2)OC3)cc(C(C)(C)C)c1O. The van der Waals surface area contributed by atoms with Gasteiger partial charge in [-0.05, 0) is 71.9 Å². The maximum absolute atomic E-state index is 13.0. The minimum Gasteiger partial charge on any atom is -0.507 e. The third-order valence-corrected chi connectivity index (χ3v) is 9.58. The molecule has 0 bridgehead atoms. The number of phenolic OH excluding ortho intramolecular Hbond substituents is 2. The number of phenols is 2. The molecule has 2 N–H and O–H groups in total. The van der Waals surface area contributed by atoms with Gasteiger partial charge in [0.2, 0.25) is 11.6 Å². The smallest absolute Gasteiger partial charge is 0.206 e. The van der Waals surface area contributed by atoms with E-state index in [1.165, 1.54) is 0 Å². The van der Waals surface area contributed by atoms with E-state index in [1.54, 1.807) is 12.1 Å². The highest BCUT2D eigenvalue weighted by atomic mass is 16.7. The van der Waals surface area contributed by atoms with Crippen molar-refractivity contribution in [1.29, 1.82) is 0 Å². The molecule has 0 saturated carbocycles. The summed E-state index contributed by atoms with van der Waals surface area (Å²) in [5, 5.41) is 21.0. The van der Waals surface area contributed by atoms with Crippen LogP contribution in [0.15, 0.2) is 24.3 Å². The van der Waals surface area contributed by atoms with Gasteiger partial charge in [0.1, 0.15) is 11.5 Å². The van der Waals surface area contributed by atoms with E-state index in [4.69, 9.17) is 18.9 Å². The molecule has 2 aromatic rings. The highest BCUT2D eigenvalue weighted by Gasteiger charge is 2.48. The Kier molecular flexibility index (Phi) is 11.6. The Morgan fingerprint density at radius 3 is 1.24 bits per heavy atom. The van der Waals surface area contributed by atoms with E-state index in [1.807, 2.05) is 95.2 Å². The molecule has 4 rings (SSSR count). The van der Waals surface area contributed by atoms with Crippen molar-refractivity contribution in [3.8, 4) is 35.2 Å². The van der Waals surface area contributed by atoms with Crippen LogP contribution in [-0.2, 0) is 39.4 Å². The summed E-state index contributed by atoms with van der Waals surface area (Å²) in [5.41, 5.74) is 2.08. The van der Waals surface area contributed by atoms with E-state index in [9.17, 15) is 19.8 Å². The van der Waals surface area contributed by atoms with Crippen LogP contribution in [0.5, 0.6) is 11.5 Å². The van der Waals surface area contributed by atoms with Crippen LogP contribution in [-0.4, -0.2) is 60.8 Å². The Balaban J connectivity index is 1.30. The number of ketones is 2. The number of hydrogen-bond donors (Lipinski definition) is 2. The summed E-state index contributed by atoms with van der Waals surface area (Å²) in [7, 11) is 0. The van der Waals surface area contributed by atoms with Crippen LogP contribution < -0.4 is 0 Å². The second-order valence-corrected chi connectivity index (χ2v) is 18.0. The summed E-state index contributed by atoms with van der Waals surface area (Å²) in [6, 6.07) is 7.26. The number of aryl methyl sites for hydroxylation is 2. The van der Waals surface area contributed by atoms with Crippen LogP contribution in [0, 0.1) is 53.8 Å². The Hall–Kier alpha value is -3.66. The lowest BCUT2D eigenvalue weighted by Crippen LogP contribution is -2.56. The second kappa shape index (κ2) is 14.8. The molecule has 51 heavy (non-hydrogen) atoms. The second-order valence-electron chi connectivity index (χ2n) is 18.0. The summed E-state index contributed by atoms with van der Waals surface area (Å²) < 4.78 is 24.8. The highest BCUT2D eigenvalue weighted by Crippen LogP contribution is 2.41. The number of rotatable bonds is 6. The number of benzene rings is 2. The van der Waals surface area contributed by atoms with Crippen LogP contribution in [0.2, 0.25) is 0 Å². The third-order valence-electron chi connectivity index (χ3n) is 9.58. The van der Waals surface area contributed by atoms with Crippen LogP contribution in [0.3, 0.4) is 0 Å². The highest BCUT2D eigenvalue weighted by molar-refractivity contribution is 5.97. The maximum atomic E-state index is 13.0. The topological polar surface area (TPSA) is 112 Å². The predicted octanol–water partition coefficient (Wildman–Crippen LogP) is 7.42. The number of carbonyl (C=O) groups is 2. The van der Waals surface area contributed by atoms with Gasteiger partial charge in [-0.3, -0.25) is 9.59 Å². The van der Waals surface area contributed by atoms with Gasteiger partial charge in [-0.2, -0.15) is 0 Å². The van der Waals surface area contributed by atoms with Gasteiger partial charge in [0.25, 0.3) is 0 Å². The summed E-state index contributed by atoms with van der Waals surface area (Å²) in [6.07, 6.45) is -0.935. The molecule has 276 valence electrons. The molecule has 2 saturated heterocycles. The van der Waals surface area contributed by atoms with Crippen LogP contribution >= 0.6 is 0 Å². The van der Waals surface area contributed by atoms with Gasteiger partial charge in [0, 0.05) is 45.9 Å². The first-order valence-corrected chi connectivity index (χ1v) is 17.7. The van der Waals surface area contributed by atoms with Gasteiger partial charge >= 0.3 is 0 Å². The van der Waals surface area contributed by atoms with E-state index in [0.717, 1.165) is 22.3 Å². The molecule has 2 aliphatic rings. The monoisotopic (exact) mass is 700 g/mol. The van der Waals surface area contributed by atoms with Crippen molar-refractivity contribution < 1.29 is 38.7 Å². The molecule has 0 amide bonds. The fraction of sp³-hybridized carbons (Fsp3) is 0.581. The largest absolute Gasteiger partial charge is 0.507 e. The van der Waals surface area contributed by atoms with Crippen LogP contribution in [0.25, 0.3) is 0 Å². The lowest BCUT2D eigenvalue weighted by molar-refractivity contribution is -0.333. The average Bonchev–Trinajstić information content (AvgIpc) is 3.01. The number of carbonyl (C=O) groups excluding carboxylic acids is 2. The molecule has 0 aliphatic carbocycles. The fourth-order valence-electron chi connectivity index (χ4n) is 6.47. The molecular weight excluding hydrogens is 644 g/mol. The first-order chi connectivity index (χ1) is 23.4. The predicted molar refractivity (Wildman–Crippen MR) is 197 cm³/mol. The quantitative estimate of drug-likeness (QED) is 0.300. The Morgan fingerprint density at radius 1 is 0.627 bits per heavy atom. The molecule has 2 heterocycles. The lowest BCUT2D eigenvalue weighted by atomic mass is 9.83. The van der Waals surface area contributed by atoms with Gasteiger partial charge < -0.3 is 29.2 Å². The minimum absolute atomic E-state index is 0.144. The first kappa shape index (κ1) is 40.1. The number of Topliss-reactive ketones (excluding diaryl/α,β-unsaturated/α-hetero) is 2.